The molecule has 0 spiro atoms. The van der Waals surface area contributed by atoms with Gasteiger partial charge in [0.15, 0.2) is 0 Å². The summed E-state index contributed by atoms with van der Waals surface area (Å²) in [7, 11) is 1.59. The molecule has 27 heavy (non-hydrogen) atoms. The standard InChI is InChI=1S/C19H27N5O3/c1-5-19(2,3)22-14(25)12-23(4)15-16(20)24(18(27)21-17(15)26)11-13-9-7-6-8-10-13/h6-10H,5,11-12,20H2,1-4H3,(H,22,25)(H,21,26,27). The fourth-order valence-electron chi connectivity index (χ4n) is 2.67. The largest absolute Gasteiger partial charge is 0.383 e. The van der Waals surface area contributed by atoms with Gasteiger partial charge in [0.05, 0.1) is 13.1 Å². The van der Waals surface area contributed by atoms with Crippen molar-refractivity contribution in [3.8, 4) is 0 Å². The number of H-pyrrole nitrogens is 1. The third kappa shape index (κ3) is 4.99. The van der Waals surface area contributed by atoms with Crippen molar-refractivity contribution in [1.82, 2.24) is 14.9 Å². The average Bonchev–Trinajstić information content (AvgIpc) is 2.58. The normalized spacial score (nSPS) is 11.3. The van der Waals surface area contributed by atoms with Crippen LogP contribution in [0.2, 0.25) is 0 Å². The van der Waals surface area contributed by atoms with Crippen molar-refractivity contribution >= 4 is 17.4 Å². The molecule has 8 heteroatoms. The Hall–Kier alpha value is -3.03. The molecule has 2 aromatic rings. The Bertz CT molecular complexity index is 915. The lowest BCUT2D eigenvalue weighted by Gasteiger charge is -2.27. The molecule has 0 aliphatic heterocycles. The fourth-order valence-corrected chi connectivity index (χ4v) is 2.67. The second-order valence-corrected chi connectivity index (χ2v) is 7.21. The topological polar surface area (TPSA) is 113 Å². The lowest BCUT2D eigenvalue weighted by molar-refractivity contribution is -0.121. The fraction of sp³-hybridized carbons (Fsp3) is 0.421. The zero-order chi connectivity index (χ0) is 20.2. The van der Waals surface area contributed by atoms with Crippen molar-refractivity contribution in [2.24, 2.45) is 0 Å². The minimum Gasteiger partial charge on any atom is -0.383 e. The Kier molecular flexibility index (Phi) is 6.09. The van der Waals surface area contributed by atoms with Crippen molar-refractivity contribution in [2.75, 3.05) is 24.2 Å². The quantitative estimate of drug-likeness (QED) is 0.668. The number of carbonyl (C=O) groups is 1. The van der Waals surface area contributed by atoms with E-state index in [1.165, 1.54) is 9.47 Å². The van der Waals surface area contributed by atoms with Crippen LogP contribution in [0.15, 0.2) is 39.9 Å². The Morgan fingerprint density at radius 3 is 2.48 bits per heavy atom. The van der Waals surface area contributed by atoms with Gasteiger partial charge in [-0.05, 0) is 25.8 Å². The van der Waals surface area contributed by atoms with Gasteiger partial charge in [-0.3, -0.25) is 19.1 Å². The maximum absolute atomic E-state index is 12.3. The second kappa shape index (κ2) is 8.11. The van der Waals surface area contributed by atoms with Crippen LogP contribution >= 0.6 is 0 Å². The van der Waals surface area contributed by atoms with Gasteiger partial charge in [-0.2, -0.15) is 0 Å². The van der Waals surface area contributed by atoms with Crippen LogP contribution in [0, 0.1) is 0 Å². The number of aromatic nitrogens is 2. The molecule has 0 aliphatic carbocycles. The number of carbonyl (C=O) groups excluding carboxylic acids is 1. The molecule has 146 valence electrons. The Balaban J connectivity index is 2.31. The molecule has 2 rings (SSSR count). The number of likely N-dealkylation sites (N-methyl/N-ethyl adjacent to an activating group) is 1. The van der Waals surface area contributed by atoms with Crippen LogP contribution in [0.4, 0.5) is 11.5 Å². The zero-order valence-electron chi connectivity index (χ0n) is 16.2. The molecular formula is C19H27N5O3. The minimum absolute atomic E-state index is 0.0256. The summed E-state index contributed by atoms with van der Waals surface area (Å²) in [6.07, 6.45) is 0.771. The van der Waals surface area contributed by atoms with Crippen LogP contribution in [-0.2, 0) is 11.3 Å². The number of rotatable bonds is 7. The van der Waals surface area contributed by atoms with Crippen LogP contribution in [0.5, 0.6) is 0 Å². The zero-order valence-corrected chi connectivity index (χ0v) is 16.2. The third-order valence-electron chi connectivity index (χ3n) is 4.52. The van der Waals surface area contributed by atoms with Gasteiger partial charge in [0.25, 0.3) is 5.56 Å². The van der Waals surface area contributed by atoms with Gasteiger partial charge in [0.2, 0.25) is 5.91 Å². The molecule has 0 fully saturated rings. The number of aromatic amines is 1. The van der Waals surface area contributed by atoms with E-state index in [2.05, 4.69) is 10.3 Å². The highest BCUT2D eigenvalue weighted by Crippen LogP contribution is 2.16. The number of anilines is 2. The predicted octanol–water partition coefficient (Wildman–Crippen LogP) is 0.908. The summed E-state index contributed by atoms with van der Waals surface area (Å²) < 4.78 is 1.29. The van der Waals surface area contributed by atoms with E-state index in [0.29, 0.717) is 0 Å². The maximum atomic E-state index is 12.3. The first kappa shape index (κ1) is 20.3. The van der Waals surface area contributed by atoms with Gasteiger partial charge in [-0.15, -0.1) is 0 Å². The van der Waals surface area contributed by atoms with Gasteiger partial charge < -0.3 is 16.0 Å². The summed E-state index contributed by atoms with van der Waals surface area (Å²) >= 11 is 0. The molecule has 0 aliphatic rings. The minimum atomic E-state index is -0.619. The van der Waals surface area contributed by atoms with E-state index in [9.17, 15) is 14.4 Å². The monoisotopic (exact) mass is 373 g/mol. The van der Waals surface area contributed by atoms with E-state index in [-0.39, 0.29) is 36.0 Å². The van der Waals surface area contributed by atoms with Gasteiger partial charge in [-0.1, -0.05) is 37.3 Å². The molecule has 8 nitrogen and oxygen atoms in total. The highest BCUT2D eigenvalue weighted by atomic mass is 16.2. The van der Waals surface area contributed by atoms with Crippen molar-refractivity contribution in [2.45, 2.75) is 39.3 Å². The summed E-state index contributed by atoms with van der Waals surface area (Å²) in [5.74, 6) is -0.207. The van der Waals surface area contributed by atoms with E-state index < -0.39 is 11.2 Å². The van der Waals surface area contributed by atoms with Crippen molar-refractivity contribution in [1.29, 1.82) is 0 Å². The number of nitrogens with zero attached hydrogens (tertiary/aromatic N) is 2. The number of nitrogen functional groups attached to an aromatic ring is 1. The Labute approximate surface area is 158 Å². The first-order valence-corrected chi connectivity index (χ1v) is 8.83. The van der Waals surface area contributed by atoms with Gasteiger partial charge in [0.1, 0.15) is 11.5 Å². The van der Waals surface area contributed by atoms with E-state index in [1.54, 1.807) is 7.05 Å². The number of amides is 1. The molecule has 1 aromatic carbocycles. The molecule has 0 radical (unpaired) electrons. The number of nitrogens with one attached hydrogen (secondary N) is 2. The molecule has 0 saturated heterocycles. The molecule has 4 N–H and O–H groups in total. The summed E-state index contributed by atoms with van der Waals surface area (Å²) in [4.78, 5) is 40.6. The predicted molar refractivity (Wildman–Crippen MR) is 107 cm³/mol. The van der Waals surface area contributed by atoms with E-state index in [1.807, 2.05) is 51.1 Å². The van der Waals surface area contributed by atoms with Gasteiger partial charge >= 0.3 is 5.69 Å². The lowest BCUT2D eigenvalue weighted by atomic mass is 10.0. The van der Waals surface area contributed by atoms with Crippen LogP contribution in [0.3, 0.4) is 0 Å². The molecular weight excluding hydrogens is 346 g/mol. The number of hydrogen-bond donors (Lipinski definition) is 3. The summed E-state index contributed by atoms with van der Waals surface area (Å²) in [6, 6.07) is 9.31. The van der Waals surface area contributed by atoms with Crippen molar-refractivity contribution < 1.29 is 4.79 Å². The molecule has 1 amide bonds. The summed E-state index contributed by atoms with van der Waals surface area (Å²) in [5, 5.41) is 2.91. The highest BCUT2D eigenvalue weighted by molar-refractivity contribution is 5.82. The smallest absolute Gasteiger partial charge is 0.330 e. The van der Waals surface area contributed by atoms with Crippen molar-refractivity contribution in [3.05, 3.63) is 56.7 Å². The second-order valence-electron chi connectivity index (χ2n) is 7.21. The SMILES string of the molecule is CCC(C)(C)NC(=O)CN(C)c1c(N)n(Cc2ccccc2)c(=O)[nH]c1=O. The summed E-state index contributed by atoms with van der Waals surface area (Å²) in [5.41, 5.74) is 5.54. The van der Waals surface area contributed by atoms with Crippen LogP contribution in [-0.4, -0.2) is 34.6 Å². The number of benzene rings is 1. The molecule has 0 unspecified atom stereocenters. The summed E-state index contributed by atoms with van der Waals surface area (Å²) in [6.45, 7) is 5.99. The lowest BCUT2D eigenvalue weighted by Crippen LogP contribution is -2.48. The molecule has 0 saturated carbocycles. The van der Waals surface area contributed by atoms with Crippen LogP contribution in [0.25, 0.3) is 0 Å². The maximum Gasteiger partial charge on any atom is 0.330 e. The van der Waals surface area contributed by atoms with Crippen LogP contribution < -0.4 is 27.2 Å². The van der Waals surface area contributed by atoms with Crippen molar-refractivity contribution in [3.63, 3.8) is 0 Å². The Morgan fingerprint density at radius 2 is 1.89 bits per heavy atom. The molecule has 0 bridgehead atoms. The van der Waals surface area contributed by atoms with E-state index in [0.717, 1.165) is 12.0 Å². The molecule has 1 aromatic heterocycles. The number of nitrogens with two attached hydrogens (primary N) is 1. The first-order valence-electron chi connectivity index (χ1n) is 8.83. The van der Waals surface area contributed by atoms with Gasteiger partial charge in [0, 0.05) is 12.6 Å². The Morgan fingerprint density at radius 1 is 1.26 bits per heavy atom. The molecule has 0 atom stereocenters. The number of hydrogen-bond acceptors (Lipinski definition) is 5. The van der Waals surface area contributed by atoms with Gasteiger partial charge in [-0.25, -0.2) is 4.79 Å². The van der Waals surface area contributed by atoms with E-state index >= 15 is 0 Å². The van der Waals surface area contributed by atoms with Crippen LogP contribution in [0.1, 0.15) is 32.8 Å². The average molecular weight is 373 g/mol. The highest BCUT2D eigenvalue weighted by Gasteiger charge is 2.22. The third-order valence-corrected chi connectivity index (χ3v) is 4.52. The van der Waals surface area contributed by atoms with E-state index in [4.69, 9.17) is 5.73 Å². The first-order chi connectivity index (χ1) is 12.6. The molecule has 1 heterocycles.